The Morgan fingerprint density at radius 3 is 2.15 bits per heavy atom. The number of piperidine rings is 1. The summed E-state index contributed by atoms with van der Waals surface area (Å²) in [6, 6.07) is 7.73. The van der Waals surface area contributed by atoms with Crippen LogP contribution >= 0.6 is 0 Å². The van der Waals surface area contributed by atoms with Crippen LogP contribution in [0.1, 0.15) is 70.3 Å². The van der Waals surface area contributed by atoms with Crippen LogP contribution in [0.3, 0.4) is 0 Å². The summed E-state index contributed by atoms with van der Waals surface area (Å²) in [6.07, 6.45) is 11.2. The molecule has 0 aromatic heterocycles. The van der Waals surface area contributed by atoms with Crippen LogP contribution in [0, 0.1) is 29.1 Å². The highest BCUT2D eigenvalue weighted by molar-refractivity contribution is 5.83. The molecular weight excluding hydrogens is 414 g/mol. The lowest BCUT2D eigenvalue weighted by Crippen LogP contribution is -2.55. The second-order valence-electron chi connectivity index (χ2n) is 11.2. The molecule has 5 aliphatic rings. The minimum Gasteiger partial charge on any atom is -0.494 e. The largest absolute Gasteiger partial charge is 0.494 e. The molecule has 1 heterocycles. The summed E-state index contributed by atoms with van der Waals surface area (Å²) in [5.74, 6) is 4.27. The van der Waals surface area contributed by atoms with Crippen LogP contribution < -0.4 is 4.74 Å². The fourth-order valence-corrected chi connectivity index (χ4v) is 7.56. The van der Waals surface area contributed by atoms with Gasteiger partial charge in [-0.15, -0.1) is 0 Å². The molecule has 1 saturated heterocycles. The van der Waals surface area contributed by atoms with E-state index in [4.69, 9.17) is 9.47 Å². The van der Waals surface area contributed by atoms with Gasteiger partial charge in [-0.3, -0.25) is 9.59 Å². The maximum absolute atomic E-state index is 13.6. The molecule has 1 aliphatic heterocycles. The van der Waals surface area contributed by atoms with Crippen molar-refractivity contribution in [2.45, 2.75) is 71.1 Å². The van der Waals surface area contributed by atoms with E-state index in [1.54, 1.807) is 0 Å². The number of ether oxygens (including phenoxy) is 2. The van der Waals surface area contributed by atoms with Crippen LogP contribution in [-0.2, 0) is 20.7 Å². The molecule has 0 unspecified atom stereocenters. The molecular formula is C28H39NO4. The van der Waals surface area contributed by atoms with Gasteiger partial charge in [0.25, 0.3) is 0 Å². The molecule has 1 aromatic carbocycles. The molecule has 4 bridgehead atoms. The summed E-state index contributed by atoms with van der Waals surface area (Å²) in [5.41, 5.74) is 0.946. The number of amides is 1. The maximum Gasteiger partial charge on any atom is 0.310 e. The molecule has 1 aromatic rings. The third kappa shape index (κ3) is 5.07. The third-order valence-electron chi connectivity index (χ3n) is 8.77. The normalized spacial score (nSPS) is 30.9. The van der Waals surface area contributed by atoms with Crippen molar-refractivity contribution in [3.63, 3.8) is 0 Å². The first kappa shape index (κ1) is 22.7. The number of carbonyl (C=O) groups is 2. The maximum atomic E-state index is 13.6. The van der Waals surface area contributed by atoms with E-state index in [1.807, 2.05) is 31.2 Å². The predicted molar refractivity (Wildman–Crippen MR) is 127 cm³/mol. The smallest absolute Gasteiger partial charge is 0.310 e. The highest BCUT2D eigenvalue weighted by Gasteiger charge is 2.55. The average Bonchev–Trinajstić information content (AvgIpc) is 2.79. The molecule has 4 saturated carbocycles. The van der Waals surface area contributed by atoms with E-state index in [-0.39, 0.29) is 11.4 Å². The topological polar surface area (TPSA) is 55.8 Å². The van der Waals surface area contributed by atoms with Gasteiger partial charge in [-0.2, -0.15) is 0 Å². The molecule has 5 heteroatoms. The van der Waals surface area contributed by atoms with Gasteiger partial charge in [-0.1, -0.05) is 12.1 Å². The summed E-state index contributed by atoms with van der Waals surface area (Å²) >= 11 is 0. The summed E-state index contributed by atoms with van der Waals surface area (Å²) in [7, 11) is 0. The minimum atomic E-state index is -0.195. The van der Waals surface area contributed by atoms with Crippen molar-refractivity contribution in [2.24, 2.45) is 29.1 Å². The molecule has 5 fully saturated rings. The van der Waals surface area contributed by atoms with E-state index in [2.05, 4.69) is 4.90 Å². The van der Waals surface area contributed by atoms with Crippen molar-refractivity contribution in [1.29, 1.82) is 0 Å². The lowest BCUT2D eigenvalue weighted by molar-refractivity contribution is -0.159. The van der Waals surface area contributed by atoms with Crippen molar-refractivity contribution >= 4 is 11.9 Å². The Morgan fingerprint density at radius 1 is 0.970 bits per heavy atom. The van der Waals surface area contributed by atoms with Gasteiger partial charge in [-0.25, -0.2) is 0 Å². The number of nitrogens with zero attached hydrogens (tertiary/aromatic N) is 1. The Labute approximate surface area is 198 Å². The average molecular weight is 454 g/mol. The second kappa shape index (κ2) is 9.68. The molecule has 180 valence electrons. The van der Waals surface area contributed by atoms with E-state index in [0.717, 1.165) is 61.4 Å². The Kier molecular flexibility index (Phi) is 6.67. The molecule has 6 rings (SSSR count). The SMILES string of the molecule is CCOC(=O)Cc1ccc(OCCC2CCN(C(=O)C34CC5CC(CC(C5)C3)C4)CC2)cc1. The summed E-state index contributed by atoms with van der Waals surface area (Å²) in [5, 5.41) is 0. The monoisotopic (exact) mass is 453 g/mol. The van der Waals surface area contributed by atoms with Crippen LogP contribution in [0.15, 0.2) is 24.3 Å². The molecule has 0 atom stereocenters. The number of esters is 1. The molecule has 0 radical (unpaired) electrons. The molecule has 0 N–H and O–H groups in total. The molecule has 0 spiro atoms. The van der Waals surface area contributed by atoms with Crippen LogP contribution in [0.25, 0.3) is 0 Å². The van der Waals surface area contributed by atoms with E-state index in [9.17, 15) is 9.59 Å². The van der Waals surface area contributed by atoms with Gasteiger partial charge in [-0.05, 0) is 106 Å². The Hall–Kier alpha value is -2.04. The summed E-state index contributed by atoms with van der Waals surface area (Å²) in [6.45, 7) is 4.78. The molecule has 1 amide bonds. The summed E-state index contributed by atoms with van der Waals surface area (Å²) in [4.78, 5) is 27.4. The lowest BCUT2D eigenvalue weighted by Gasteiger charge is -2.57. The van der Waals surface area contributed by atoms with Crippen LogP contribution in [0.5, 0.6) is 5.75 Å². The van der Waals surface area contributed by atoms with Crippen molar-refractivity contribution in [1.82, 2.24) is 4.90 Å². The Balaban J connectivity index is 1.04. The predicted octanol–water partition coefficient (Wildman–Crippen LogP) is 5.02. The first-order chi connectivity index (χ1) is 16.0. The van der Waals surface area contributed by atoms with Gasteiger partial charge >= 0.3 is 5.97 Å². The van der Waals surface area contributed by atoms with Crippen molar-refractivity contribution < 1.29 is 19.1 Å². The highest BCUT2D eigenvalue weighted by atomic mass is 16.5. The number of hydrogen-bond acceptors (Lipinski definition) is 4. The third-order valence-corrected chi connectivity index (χ3v) is 8.77. The van der Waals surface area contributed by atoms with Crippen molar-refractivity contribution in [3.8, 4) is 5.75 Å². The van der Waals surface area contributed by atoms with Crippen LogP contribution in [-0.4, -0.2) is 43.1 Å². The molecule has 4 aliphatic carbocycles. The second-order valence-corrected chi connectivity index (χ2v) is 11.2. The Morgan fingerprint density at radius 2 is 1.58 bits per heavy atom. The molecule has 5 nitrogen and oxygen atoms in total. The first-order valence-corrected chi connectivity index (χ1v) is 13.2. The summed E-state index contributed by atoms with van der Waals surface area (Å²) < 4.78 is 11.0. The van der Waals surface area contributed by atoms with Gasteiger partial charge in [0.15, 0.2) is 0 Å². The molecule has 33 heavy (non-hydrogen) atoms. The van der Waals surface area contributed by atoms with Gasteiger partial charge in [0, 0.05) is 13.1 Å². The lowest BCUT2D eigenvalue weighted by atomic mass is 9.49. The zero-order valence-electron chi connectivity index (χ0n) is 20.1. The van der Waals surface area contributed by atoms with E-state index in [1.165, 1.54) is 38.5 Å². The first-order valence-electron chi connectivity index (χ1n) is 13.2. The zero-order valence-corrected chi connectivity index (χ0v) is 20.1. The van der Waals surface area contributed by atoms with Crippen LogP contribution in [0.2, 0.25) is 0 Å². The minimum absolute atomic E-state index is 0.00410. The van der Waals surface area contributed by atoms with Gasteiger partial charge < -0.3 is 14.4 Å². The quantitative estimate of drug-likeness (QED) is 0.519. The fraction of sp³-hybridized carbons (Fsp3) is 0.714. The Bertz CT molecular complexity index is 805. The number of rotatable bonds is 8. The number of benzene rings is 1. The van der Waals surface area contributed by atoms with Crippen LogP contribution in [0.4, 0.5) is 0 Å². The fourth-order valence-electron chi connectivity index (χ4n) is 7.56. The number of likely N-dealkylation sites (tertiary alicyclic amines) is 1. The highest BCUT2D eigenvalue weighted by Crippen LogP contribution is 2.60. The van der Waals surface area contributed by atoms with E-state index < -0.39 is 0 Å². The van der Waals surface area contributed by atoms with Crippen molar-refractivity contribution in [2.75, 3.05) is 26.3 Å². The van der Waals surface area contributed by atoms with Crippen molar-refractivity contribution in [3.05, 3.63) is 29.8 Å². The van der Waals surface area contributed by atoms with Gasteiger partial charge in [0.05, 0.1) is 25.0 Å². The van der Waals surface area contributed by atoms with Gasteiger partial charge in [0.1, 0.15) is 5.75 Å². The van der Waals surface area contributed by atoms with E-state index >= 15 is 0 Å². The number of hydrogen-bond donors (Lipinski definition) is 0. The standard InChI is InChI=1S/C28H39NO4/c1-2-32-26(30)16-21-3-5-25(6-4-21)33-12-9-20-7-10-29(11-8-20)27(31)28-17-22-13-23(18-28)15-24(14-22)19-28/h3-6,20,22-24H,2,7-19H2,1H3. The number of carbonyl (C=O) groups excluding carboxylic acids is 2. The zero-order chi connectivity index (χ0) is 22.8. The van der Waals surface area contributed by atoms with E-state index in [0.29, 0.717) is 31.5 Å². The van der Waals surface area contributed by atoms with Gasteiger partial charge in [0.2, 0.25) is 5.91 Å².